The predicted molar refractivity (Wildman–Crippen MR) is 72.2 cm³/mol. The van der Waals surface area contributed by atoms with Gasteiger partial charge in [0.2, 0.25) is 5.91 Å². The molecule has 2 aliphatic rings. The first kappa shape index (κ1) is 11.9. The molecule has 7 heteroatoms. The Hall–Kier alpha value is -2.15. The van der Waals surface area contributed by atoms with Gasteiger partial charge in [-0.3, -0.25) is 15.1 Å². The smallest absolute Gasteiger partial charge is 0.246 e. The van der Waals surface area contributed by atoms with Crippen molar-refractivity contribution in [3.8, 4) is 11.5 Å². The van der Waals surface area contributed by atoms with Crippen LogP contribution in [0.1, 0.15) is 12.5 Å². The van der Waals surface area contributed by atoms with E-state index in [9.17, 15) is 15.0 Å². The number of fused-ring (bicyclic) bond motifs is 1. The van der Waals surface area contributed by atoms with Gasteiger partial charge in [0.25, 0.3) is 0 Å². The van der Waals surface area contributed by atoms with Gasteiger partial charge in [-0.05, 0) is 25.1 Å². The third-order valence-electron chi connectivity index (χ3n) is 2.89. The van der Waals surface area contributed by atoms with Crippen LogP contribution in [0.15, 0.2) is 29.5 Å². The highest BCUT2D eigenvalue weighted by atomic mass is 32.2. The minimum Gasteiger partial charge on any atom is -0.504 e. The molecule has 2 aliphatic heterocycles. The summed E-state index contributed by atoms with van der Waals surface area (Å²) in [5, 5.41) is 23.4. The summed E-state index contributed by atoms with van der Waals surface area (Å²) < 4.78 is 0. The maximum Gasteiger partial charge on any atom is 0.246 e. The second kappa shape index (κ2) is 4.20. The molecule has 6 nitrogen and oxygen atoms in total. The van der Waals surface area contributed by atoms with E-state index in [0.717, 1.165) is 0 Å². The zero-order valence-corrected chi connectivity index (χ0v) is 10.8. The molecular weight excluding hydrogens is 266 g/mol. The molecule has 3 rings (SSSR count). The zero-order chi connectivity index (χ0) is 13.6. The van der Waals surface area contributed by atoms with Crippen molar-refractivity contribution in [3.05, 3.63) is 30.0 Å². The van der Waals surface area contributed by atoms with Gasteiger partial charge in [0.15, 0.2) is 16.7 Å². The Balaban J connectivity index is 1.95. The Bertz CT molecular complexity index is 627. The van der Waals surface area contributed by atoms with E-state index in [0.29, 0.717) is 16.4 Å². The lowest BCUT2D eigenvalue weighted by Gasteiger charge is -2.19. The van der Waals surface area contributed by atoms with Crippen molar-refractivity contribution in [2.45, 2.75) is 12.2 Å². The number of hydrogen-bond donors (Lipinski definition) is 3. The molecule has 0 radical (unpaired) electrons. The van der Waals surface area contributed by atoms with Gasteiger partial charge in [-0.2, -0.15) is 0 Å². The summed E-state index contributed by atoms with van der Waals surface area (Å²) in [4.78, 5) is 13.4. The van der Waals surface area contributed by atoms with E-state index in [1.54, 1.807) is 12.3 Å². The molecule has 0 bridgehead atoms. The normalized spacial score (nSPS) is 21.6. The summed E-state index contributed by atoms with van der Waals surface area (Å²) in [6.07, 6.45) is 1.65. The molecule has 0 aliphatic carbocycles. The highest BCUT2D eigenvalue weighted by molar-refractivity contribution is 8.15. The second-order valence-corrected chi connectivity index (χ2v) is 5.53. The highest BCUT2D eigenvalue weighted by Crippen LogP contribution is 2.32. The minimum atomic E-state index is -0.217. The lowest BCUT2D eigenvalue weighted by molar-refractivity contribution is -0.124. The van der Waals surface area contributed by atoms with Gasteiger partial charge >= 0.3 is 0 Å². The first-order valence-electron chi connectivity index (χ1n) is 5.64. The third kappa shape index (κ3) is 1.91. The van der Waals surface area contributed by atoms with Crippen LogP contribution >= 0.6 is 11.8 Å². The number of carbonyl (C=O) groups excluding carboxylic acids is 1. The fraction of sp³-hybridized carbons (Fsp3) is 0.167. The summed E-state index contributed by atoms with van der Waals surface area (Å²) in [6, 6.07) is 4.42. The van der Waals surface area contributed by atoms with E-state index < -0.39 is 0 Å². The van der Waals surface area contributed by atoms with Gasteiger partial charge in [0.1, 0.15) is 0 Å². The SMILES string of the molecule is CC1SC2=NNC(c3ccc(O)c(O)c3)=CN2C1=O. The average molecular weight is 277 g/mol. The second-order valence-electron chi connectivity index (χ2n) is 4.22. The predicted octanol–water partition coefficient (Wildman–Crippen LogP) is 1.23. The molecule has 0 saturated carbocycles. The van der Waals surface area contributed by atoms with Crippen LogP contribution in [0.5, 0.6) is 11.5 Å². The number of rotatable bonds is 1. The van der Waals surface area contributed by atoms with Crippen molar-refractivity contribution in [3.63, 3.8) is 0 Å². The number of nitrogens with one attached hydrogen (secondary N) is 1. The van der Waals surface area contributed by atoms with Crippen molar-refractivity contribution >= 4 is 28.5 Å². The van der Waals surface area contributed by atoms with Gasteiger partial charge in [-0.1, -0.05) is 11.8 Å². The van der Waals surface area contributed by atoms with Crippen LogP contribution in [0.25, 0.3) is 5.70 Å². The molecule has 19 heavy (non-hydrogen) atoms. The van der Waals surface area contributed by atoms with Gasteiger partial charge in [-0.15, -0.1) is 5.10 Å². The van der Waals surface area contributed by atoms with Gasteiger partial charge in [-0.25, -0.2) is 0 Å². The third-order valence-corrected chi connectivity index (χ3v) is 3.94. The van der Waals surface area contributed by atoms with Crippen molar-refractivity contribution in [2.75, 3.05) is 0 Å². The van der Waals surface area contributed by atoms with E-state index in [2.05, 4.69) is 10.5 Å². The molecule has 1 amide bonds. The number of hydrazone groups is 1. The van der Waals surface area contributed by atoms with Crippen LogP contribution in [-0.2, 0) is 4.79 Å². The van der Waals surface area contributed by atoms with Crippen molar-refractivity contribution in [1.82, 2.24) is 10.3 Å². The van der Waals surface area contributed by atoms with E-state index in [4.69, 9.17) is 0 Å². The first-order valence-corrected chi connectivity index (χ1v) is 6.52. The Morgan fingerprint density at radius 3 is 2.89 bits per heavy atom. The number of carbonyl (C=O) groups is 1. The summed E-state index contributed by atoms with van der Waals surface area (Å²) in [5.41, 5.74) is 4.06. The maximum atomic E-state index is 11.9. The van der Waals surface area contributed by atoms with Crippen LogP contribution in [0.3, 0.4) is 0 Å². The molecule has 1 aromatic carbocycles. The van der Waals surface area contributed by atoms with Gasteiger partial charge < -0.3 is 10.2 Å². The molecule has 0 aromatic heterocycles. The number of hydrogen-bond acceptors (Lipinski definition) is 6. The average Bonchev–Trinajstić information content (AvgIpc) is 2.68. The molecule has 3 N–H and O–H groups in total. The van der Waals surface area contributed by atoms with Crippen molar-refractivity contribution in [2.24, 2.45) is 5.10 Å². The van der Waals surface area contributed by atoms with Crippen LogP contribution in [0.2, 0.25) is 0 Å². The van der Waals surface area contributed by atoms with Crippen LogP contribution in [0, 0.1) is 0 Å². The van der Waals surface area contributed by atoms with Gasteiger partial charge in [0.05, 0.1) is 10.9 Å². The van der Waals surface area contributed by atoms with Gasteiger partial charge in [0, 0.05) is 11.8 Å². The fourth-order valence-corrected chi connectivity index (χ4v) is 2.74. The topological polar surface area (TPSA) is 85.2 Å². The minimum absolute atomic E-state index is 0.0225. The molecule has 98 valence electrons. The van der Waals surface area contributed by atoms with Crippen LogP contribution in [-0.4, -0.2) is 31.4 Å². The Morgan fingerprint density at radius 2 is 2.16 bits per heavy atom. The number of amidine groups is 1. The Morgan fingerprint density at radius 1 is 1.37 bits per heavy atom. The monoisotopic (exact) mass is 277 g/mol. The summed E-state index contributed by atoms with van der Waals surface area (Å²) in [7, 11) is 0. The molecule has 1 atom stereocenters. The Labute approximate surface area is 113 Å². The van der Waals surface area contributed by atoms with Crippen molar-refractivity contribution in [1.29, 1.82) is 0 Å². The number of benzene rings is 1. The lowest BCUT2D eigenvalue weighted by atomic mass is 10.1. The molecule has 0 spiro atoms. The van der Waals surface area contributed by atoms with E-state index >= 15 is 0 Å². The Kier molecular flexibility index (Phi) is 2.63. The number of phenolic OH excluding ortho intramolecular Hbond substituents is 2. The molecule has 2 heterocycles. The number of phenols is 2. The number of thioether (sulfide) groups is 1. The largest absolute Gasteiger partial charge is 0.504 e. The number of aromatic hydroxyl groups is 2. The molecule has 1 unspecified atom stereocenters. The van der Waals surface area contributed by atoms with Crippen LogP contribution < -0.4 is 5.43 Å². The standard InChI is InChI=1S/C12H11N3O3S/c1-6-11(18)15-5-8(13-14-12(15)19-6)7-2-3-9(16)10(17)4-7/h2-6,13,16-17H,1H3. The summed E-state index contributed by atoms with van der Waals surface area (Å²) >= 11 is 1.39. The molecule has 1 saturated heterocycles. The van der Waals surface area contributed by atoms with Crippen molar-refractivity contribution < 1.29 is 15.0 Å². The quantitative estimate of drug-likeness (QED) is 0.672. The number of amides is 1. The first-order chi connectivity index (χ1) is 9.06. The maximum absolute atomic E-state index is 11.9. The fourth-order valence-electron chi connectivity index (χ4n) is 1.85. The summed E-state index contributed by atoms with van der Waals surface area (Å²) in [6.45, 7) is 1.83. The van der Waals surface area contributed by atoms with Crippen LogP contribution in [0.4, 0.5) is 0 Å². The van der Waals surface area contributed by atoms with E-state index in [-0.39, 0.29) is 22.7 Å². The van der Waals surface area contributed by atoms with E-state index in [1.807, 2.05) is 6.92 Å². The summed E-state index contributed by atoms with van der Waals surface area (Å²) in [5.74, 6) is -0.429. The molecular formula is C12H11N3O3S. The zero-order valence-electron chi connectivity index (χ0n) is 9.99. The molecule has 1 fully saturated rings. The highest BCUT2D eigenvalue weighted by Gasteiger charge is 2.36. The lowest BCUT2D eigenvalue weighted by Crippen LogP contribution is -2.31. The molecule has 1 aromatic rings. The number of nitrogens with zero attached hydrogens (tertiary/aromatic N) is 2. The van der Waals surface area contributed by atoms with E-state index in [1.165, 1.54) is 28.8 Å².